The van der Waals surface area contributed by atoms with Gasteiger partial charge in [-0.1, -0.05) is 28.1 Å². The fourth-order valence-electron chi connectivity index (χ4n) is 2.24. The minimum atomic E-state index is -0.252. The molecule has 0 saturated heterocycles. The molecule has 5 heteroatoms. The van der Waals surface area contributed by atoms with E-state index in [1.165, 1.54) is 12.1 Å². The second-order valence-corrected chi connectivity index (χ2v) is 6.10. The Bertz CT molecular complexity index is 579. The zero-order chi connectivity index (χ0) is 15.4. The van der Waals surface area contributed by atoms with Gasteiger partial charge >= 0.3 is 0 Å². The minimum absolute atomic E-state index is 0.0603. The summed E-state index contributed by atoms with van der Waals surface area (Å²) in [6.07, 6.45) is 0.619. The molecule has 2 aromatic carbocycles. The Labute approximate surface area is 133 Å². The summed E-state index contributed by atoms with van der Waals surface area (Å²) in [4.78, 5) is 2.04. The van der Waals surface area contributed by atoms with Crippen molar-refractivity contribution < 1.29 is 4.39 Å². The molecule has 0 aliphatic heterocycles. The van der Waals surface area contributed by atoms with E-state index in [9.17, 15) is 4.39 Å². The van der Waals surface area contributed by atoms with E-state index in [2.05, 4.69) is 21.4 Å². The molecule has 2 rings (SSSR count). The Balaban J connectivity index is 2.19. The molecule has 0 heterocycles. The van der Waals surface area contributed by atoms with Crippen LogP contribution in [0.25, 0.3) is 0 Å². The Morgan fingerprint density at radius 3 is 2.38 bits per heavy atom. The first-order valence-electron chi connectivity index (χ1n) is 6.68. The average molecular weight is 352 g/mol. The highest BCUT2D eigenvalue weighted by Gasteiger charge is 2.12. The normalized spacial score (nSPS) is 12.2. The molecule has 0 saturated carbocycles. The van der Waals surface area contributed by atoms with Gasteiger partial charge in [-0.15, -0.1) is 0 Å². The number of nitrogens with two attached hydrogens (primary N) is 1. The van der Waals surface area contributed by atoms with Crippen LogP contribution in [0.5, 0.6) is 0 Å². The molecule has 0 bridgehead atoms. The van der Waals surface area contributed by atoms with Crippen molar-refractivity contribution in [3.63, 3.8) is 0 Å². The van der Waals surface area contributed by atoms with E-state index in [1.807, 2.05) is 49.3 Å². The van der Waals surface area contributed by atoms with Crippen LogP contribution >= 0.6 is 15.9 Å². The topological polar surface area (TPSA) is 41.3 Å². The Kier molecular flexibility index (Phi) is 5.33. The molecular weight excluding hydrogens is 333 g/mol. The lowest BCUT2D eigenvalue weighted by atomic mass is 9.99. The molecule has 1 unspecified atom stereocenters. The number of rotatable bonds is 5. The van der Waals surface area contributed by atoms with Gasteiger partial charge < -0.3 is 4.90 Å². The first-order valence-corrected chi connectivity index (χ1v) is 7.47. The van der Waals surface area contributed by atoms with Crippen LogP contribution in [0.1, 0.15) is 17.2 Å². The largest absolute Gasteiger partial charge is 0.378 e. The molecule has 3 nitrogen and oxygen atoms in total. The summed E-state index contributed by atoms with van der Waals surface area (Å²) in [6, 6.07) is 13.0. The number of nitrogens with zero attached hydrogens (tertiary/aromatic N) is 1. The van der Waals surface area contributed by atoms with Crippen molar-refractivity contribution in [3.8, 4) is 0 Å². The SMILES string of the molecule is CN(C)c1ccc(C(Cc2cc(F)cc(Br)c2)NN)cc1. The standard InChI is InChI=1S/C16H19BrFN3/c1-21(2)15-5-3-12(4-6-15)16(20-19)9-11-7-13(17)10-14(18)8-11/h3-8,10,16,20H,9,19H2,1-2H3. The lowest BCUT2D eigenvalue weighted by Crippen LogP contribution is -2.29. The fraction of sp³-hybridized carbons (Fsp3) is 0.250. The van der Waals surface area contributed by atoms with Crippen LogP contribution in [0.15, 0.2) is 46.9 Å². The van der Waals surface area contributed by atoms with Gasteiger partial charge in [0.15, 0.2) is 0 Å². The molecule has 1 atom stereocenters. The highest BCUT2D eigenvalue weighted by Crippen LogP contribution is 2.23. The Hall–Kier alpha value is -1.43. The van der Waals surface area contributed by atoms with Crippen LogP contribution in [-0.4, -0.2) is 14.1 Å². The Morgan fingerprint density at radius 1 is 1.19 bits per heavy atom. The van der Waals surface area contributed by atoms with Crippen molar-refractivity contribution in [2.45, 2.75) is 12.5 Å². The highest BCUT2D eigenvalue weighted by atomic mass is 79.9. The van der Waals surface area contributed by atoms with Crippen LogP contribution in [0.2, 0.25) is 0 Å². The lowest BCUT2D eigenvalue weighted by molar-refractivity contribution is 0.548. The zero-order valence-electron chi connectivity index (χ0n) is 12.1. The summed E-state index contributed by atoms with van der Waals surface area (Å²) < 4.78 is 14.2. The van der Waals surface area contributed by atoms with E-state index in [0.717, 1.165) is 21.3 Å². The van der Waals surface area contributed by atoms with Gasteiger partial charge in [0, 0.05) is 30.3 Å². The smallest absolute Gasteiger partial charge is 0.124 e. The predicted octanol–water partition coefficient (Wildman–Crippen LogP) is 3.40. The predicted molar refractivity (Wildman–Crippen MR) is 88.6 cm³/mol. The second kappa shape index (κ2) is 7.02. The third kappa shape index (κ3) is 4.27. The van der Waals surface area contributed by atoms with Crippen molar-refractivity contribution in [1.82, 2.24) is 5.43 Å². The highest BCUT2D eigenvalue weighted by molar-refractivity contribution is 9.10. The van der Waals surface area contributed by atoms with E-state index in [0.29, 0.717) is 6.42 Å². The number of nitrogens with one attached hydrogen (secondary N) is 1. The van der Waals surface area contributed by atoms with Gasteiger partial charge in [0.25, 0.3) is 0 Å². The van der Waals surface area contributed by atoms with Gasteiger partial charge in [-0.3, -0.25) is 11.3 Å². The van der Waals surface area contributed by atoms with E-state index in [4.69, 9.17) is 5.84 Å². The summed E-state index contributed by atoms with van der Waals surface area (Å²) in [5.74, 6) is 5.41. The maximum absolute atomic E-state index is 13.4. The maximum Gasteiger partial charge on any atom is 0.124 e. The van der Waals surface area contributed by atoms with Crippen molar-refractivity contribution in [1.29, 1.82) is 0 Å². The van der Waals surface area contributed by atoms with E-state index in [1.54, 1.807) is 0 Å². The number of hydrogen-bond donors (Lipinski definition) is 2. The quantitative estimate of drug-likeness (QED) is 0.640. The van der Waals surface area contributed by atoms with Gasteiger partial charge in [-0.25, -0.2) is 4.39 Å². The van der Waals surface area contributed by atoms with E-state index in [-0.39, 0.29) is 11.9 Å². The van der Waals surface area contributed by atoms with Gasteiger partial charge in [0.1, 0.15) is 5.82 Å². The monoisotopic (exact) mass is 351 g/mol. The molecule has 112 valence electrons. The molecule has 0 spiro atoms. The van der Waals surface area contributed by atoms with E-state index >= 15 is 0 Å². The molecule has 0 aliphatic rings. The minimum Gasteiger partial charge on any atom is -0.378 e. The third-order valence-electron chi connectivity index (χ3n) is 3.38. The number of anilines is 1. The van der Waals surface area contributed by atoms with Crippen LogP contribution in [-0.2, 0) is 6.42 Å². The number of benzene rings is 2. The molecule has 0 aliphatic carbocycles. The molecule has 0 aromatic heterocycles. The summed E-state index contributed by atoms with van der Waals surface area (Å²) in [5.41, 5.74) is 5.89. The van der Waals surface area contributed by atoms with Gasteiger partial charge in [-0.05, 0) is 47.9 Å². The van der Waals surface area contributed by atoms with Crippen LogP contribution < -0.4 is 16.2 Å². The van der Waals surface area contributed by atoms with Gasteiger partial charge in [-0.2, -0.15) is 0 Å². The number of hydrogen-bond acceptors (Lipinski definition) is 3. The van der Waals surface area contributed by atoms with Crippen molar-refractivity contribution in [2.24, 2.45) is 5.84 Å². The van der Waals surface area contributed by atoms with Crippen molar-refractivity contribution in [3.05, 3.63) is 63.9 Å². The Morgan fingerprint density at radius 2 is 1.86 bits per heavy atom. The summed E-state index contributed by atoms with van der Waals surface area (Å²) in [7, 11) is 4.00. The molecule has 0 radical (unpaired) electrons. The summed E-state index contributed by atoms with van der Waals surface area (Å²) >= 11 is 3.31. The molecule has 2 aromatic rings. The number of halogens is 2. The zero-order valence-corrected chi connectivity index (χ0v) is 13.7. The second-order valence-electron chi connectivity index (χ2n) is 5.19. The lowest BCUT2D eigenvalue weighted by Gasteiger charge is -2.19. The van der Waals surface area contributed by atoms with Crippen LogP contribution in [0, 0.1) is 5.82 Å². The summed E-state index contributed by atoms with van der Waals surface area (Å²) in [6.45, 7) is 0. The third-order valence-corrected chi connectivity index (χ3v) is 3.83. The van der Waals surface area contributed by atoms with E-state index < -0.39 is 0 Å². The maximum atomic E-state index is 13.4. The first-order chi connectivity index (χ1) is 9.99. The molecule has 0 fully saturated rings. The van der Waals surface area contributed by atoms with Gasteiger partial charge in [0.05, 0.1) is 0 Å². The molecule has 21 heavy (non-hydrogen) atoms. The molecule has 0 amide bonds. The van der Waals surface area contributed by atoms with Crippen molar-refractivity contribution in [2.75, 3.05) is 19.0 Å². The molecule has 3 N–H and O–H groups in total. The number of hydrazine groups is 1. The van der Waals surface area contributed by atoms with Crippen LogP contribution in [0.4, 0.5) is 10.1 Å². The summed E-state index contributed by atoms with van der Waals surface area (Å²) in [5, 5.41) is 0. The average Bonchev–Trinajstić information content (AvgIpc) is 2.44. The van der Waals surface area contributed by atoms with Gasteiger partial charge in [0.2, 0.25) is 0 Å². The fourth-order valence-corrected chi connectivity index (χ4v) is 2.76. The van der Waals surface area contributed by atoms with Crippen LogP contribution in [0.3, 0.4) is 0 Å². The van der Waals surface area contributed by atoms with Crippen molar-refractivity contribution >= 4 is 21.6 Å². The first kappa shape index (κ1) is 15.9. The molecular formula is C16H19BrFN3.